The Morgan fingerprint density at radius 3 is 2.57 bits per heavy atom. The second-order valence-electron chi connectivity index (χ2n) is 5.73. The molecule has 1 unspecified atom stereocenters. The molecule has 0 spiro atoms. The van der Waals surface area contributed by atoms with Crippen molar-refractivity contribution in [2.75, 3.05) is 21.2 Å². The first-order chi connectivity index (χ1) is 11.1. The van der Waals surface area contributed by atoms with E-state index in [1.165, 1.54) is 0 Å². The van der Waals surface area contributed by atoms with E-state index in [-0.39, 0.29) is 11.8 Å². The van der Waals surface area contributed by atoms with E-state index >= 15 is 0 Å². The number of carbonyl (C=O) groups is 1. The molecule has 2 aromatic rings. The molecule has 1 heterocycles. The van der Waals surface area contributed by atoms with Gasteiger partial charge in [-0.3, -0.25) is 4.79 Å². The Bertz CT molecular complexity index is 632. The van der Waals surface area contributed by atoms with Gasteiger partial charge in [-0.15, -0.1) is 0 Å². The van der Waals surface area contributed by atoms with Crippen LogP contribution in [-0.4, -0.2) is 37.0 Å². The van der Waals surface area contributed by atoms with Gasteiger partial charge in [0.05, 0.1) is 7.11 Å². The number of methoxy groups -OCH3 is 1. The van der Waals surface area contributed by atoms with E-state index in [0.717, 1.165) is 36.3 Å². The average Bonchev–Trinajstić information content (AvgIpc) is 3.04. The first-order valence-corrected chi connectivity index (χ1v) is 7.87. The fraction of sp³-hybridized carbons (Fsp3) is 0.444. The summed E-state index contributed by atoms with van der Waals surface area (Å²) in [6.45, 7) is 2.11. The van der Waals surface area contributed by atoms with E-state index < -0.39 is 0 Å². The van der Waals surface area contributed by atoms with E-state index in [0.29, 0.717) is 5.89 Å². The highest BCUT2D eigenvalue weighted by Gasteiger charge is 2.26. The number of benzene rings is 1. The summed E-state index contributed by atoms with van der Waals surface area (Å²) in [4.78, 5) is 18.5. The van der Waals surface area contributed by atoms with Gasteiger partial charge in [0, 0.05) is 19.7 Å². The third-order valence-corrected chi connectivity index (χ3v) is 3.79. The van der Waals surface area contributed by atoms with Crippen LogP contribution in [0.3, 0.4) is 0 Å². The summed E-state index contributed by atoms with van der Waals surface area (Å²) in [6.07, 6.45) is 4.35. The number of ether oxygens (including phenoxy) is 1. The number of oxazole rings is 1. The highest BCUT2D eigenvalue weighted by atomic mass is 16.5. The van der Waals surface area contributed by atoms with Gasteiger partial charge in [0.25, 0.3) is 0 Å². The zero-order chi connectivity index (χ0) is 16.8. The van der Waals surface area contributed by atoms with Crippen LogP contribution in [0.2, 0.25) is 0 Å². The molecule has 1 atom stereocenters. The van der Waals surface area contributed by atoms with Gasteiger partial charge in [-0.1, -0.05) is 19.8 Å². The maximum Gasteiger partial charge on any atom is 0.234 e. The standard InChI is InChI=1S/C18H24N2O3/c1-5-6-7-15(18(21)20(2)3)17-19-16(12-23-17)13-8-10-14(22-4)11-9-13/h8-12,15H,5-7H2,1-4H3. The molecule has 0 aliphatic heterocycles. The number of amides is 1. The van der Waals surface area contributed by atoms with Crippen LogP contribution in [0.4, 0.5) is 0 Å². The highest BCUT2D eigenvalue weighted by Crippen LogP contribution is 2.28. The summed E-state index contributed by atoms with van der Waals surface area (Å²) in [5.41, 5.74) is 1.67. The molecule has 23 heavy (non-hydrogen) atoms. The van der Waals surface area contributed by atoms with Crippen LogP contribution >= 0.6 is 0 Å². The predicted octanol–water partition coefficient (Wildman–Crippen LogP) is 3.71. The fourth-order valence-corrected chi connectivity index (χ4v) is 2.41. The number of aromatic nitrogens is 1. The maximum absolute atomic E-state index is 12.4. The zero-order valence-corrected chi connectivity index (χ0v) is 14.2. The Labute approximate surface area is 137 Å². The van der Waals surface area contributed by atoms with E-state index in [9.17, 15) is 4.79 Å². The molecule has 5 nitrogen and oxygen atoms in total. The van der Waals surface area contributed by atoms with Gasteiger partial charge in [-0.05, 0) is 30.7 Å². The minimum Gasteiger partial charge on any atom is -0.497 e. The summed E-state index contributed by atoms with van der Waals surface area (Å²) < 4.78 is 10.8. The summed E-state index contributed by atoms with van der Waals surface area (Å²) in [7, 11) is 5.15. The van der Waals surface area contributed by atoms with Crippen LogP contribution in [0, 0.1) is 0 Å². The lowest BCUT2D eigenvalue weighted by Gasteiger charge is -2.17. The molecule has 0 saturated heterocycles. The largest absolute Gasteiger partial charge is 0.497 e. The van der Waals surface area contributed by atoms with Crippen molar-refractivity contribution in [3.8, 4) is 17.0 Å². The molecule has 1 aromatic carbocycles. The Kier molecular flexibility index (Phi) is 5.79. The zero-order valence-electron chi connectivity index (χ0n) is 14.2. The molecule has 124 valence electrons. The molecule has 1 aromatic heterocycles. The van der Waals surface area contributed by atoms with E-state index in [1.54, 1.807) is 32.4 Å². The number of rotatable bonds is 7. The Hall–Kier alpha value is -2.30. The van der Waals surface area contributed by atoms with Gasteiger partial charge in [0.2, 0.25) is 11.8 Å². The Balaban J connectivity index is 2.24. The SMILES string of the molecule is CCCCC(C(=O)N(C)C)c1nc(-c2ccc(OC)cc2)co1. The molecule has 0 N–H and O–H groups in total. The summed E-state index contributed by atoms with van der Waals surface area (Å²) in [5, 5.41) is 0. The fourth-order valence-electron chi connectivity index (χ4n) is 2.41. The van der Waals surface area contributed by atoms with E-state index in [4.69, 9.17) is 9.15 Å². The second kappa shape index (κ2) is 7.81. The number of hydrogen-bond acceptors (Lipinski definition) is 4. The quantitative estimate of drug-likeness (QED) is 0.781. The molecule has 2 rings (SSSR count). The van der Waals surface area contributed by atoms with Crippen molar-refractivity contribution in [3.05, 3.63) is 36.4 Å². The van der Waals surface area contributed by atoms with Crippen molar-refractivity contribution >= 4 is 5.91 Å². The average molecular weight is 316 g/mol. The van der Waals surface area contributed by atoms with Crippen molar-refractivity contribution in [3.63, 3.8) is 0 Å². The highest BCUT2D eigenvalue weighted by molar-refractivity contribution is 5.82. The molecule has 5 heteroatoms. The molecule has 0 saturated carbocycles. The molecule has 0 fully saturated rings. The lowest BCUT2D eigenvalue weighted by Crippen LogP contribution is -2.28. The minimum atomic E-state index is -0.322. The maximum atomic E-state index is 12.4. The summed E-state index contributed by atoms with van der Waals surface area (Å²) in [5.74, 6) is 0.988. The number of hydrogen-bond donors (Lipinski definition) is 0. The first-order valence-electron chi connectivity index (χ1n) is 7.87. The van der Waals surface area contributed by atoms with E-state index in [1.807, 2.05) is 24.3 Å². The van der Waals surface area contributed by atoms with Gasteiger partial charge in [0.15, 0.2) is 0 Å². The van der Waals surface area contributed by atoms with Crippen molar-refractivity contribution in [2.45, 2.75) is 32.1 Å². The number of unbranched alkanes of at least 4 members (excludes halogenated alkanes) is 1. The number of nitrogens with zero attached hydrogens (tertiary/aromatic N) is 2. The van der Waals surface area contributed by atoms with E-state index in [2.05, 4.69) is 11.9 Å². The van der Waals surface area contributed by atoms with Crippen LogP contribution in [0.1, 0.15) is 38.0 Å². The lowest BCUT2D eigenvalue weighted by atomic mass is 10.0. The van der Waals surface area contributed by atoms with Crippen molar-refractivity contribution in [1.82, 2.24) is 9.88 Å². The van der Waals surface area contributed by atoms with Gasteiger partial charge in [0.1, 0.15) is 23.6 Å². The number of carbonyl (C=O) groups excluding carboxylic acids is 1. The van der Waals surface area contributed by atoms with Gasteiger partial charge in [-0.2, -0.15) is 0 Å². The smallest absolute Gasteiger partial charge is 0.234 e. The lowest BCUT2D eigenvalue weighted by molar-refractivity contribution is -0.131. The molecular formula is C18H24N2O3. The topological polar surface area (TPSA) is 55.6 Å². The Morgan fingerprint density at radius 2 is 2.00 bits per heavy atom. The molecular weight excluding hydrogens is 292 g/mol. The first kappa shape index (κ1) is 17.1. The summed E-state index contributed by atoms with van der Waals surface area (Å²) >= 11 is 0. The summed E-state index contributed by atoms with van der Waals surface area (Å²) in [6, 6.07) is 7.61. The van der Waals surface area contributed by atoms with Gasteiger partial charge < -0.3 is 14.1 Å². The molecule has 0 aliphatic carbocycles. The Morgan fingerprint density at radius 1 is 1.30 bits per heavy atom. The molecule has 0 aliphatic rings. The normalized spacial score (nSPS) is 12.0. The van der Waals surface area contributed by atoms with Crippen LogP contribution < -0.4 is 4.74 Å². The number of likely N-dealkylation sites (N-methyl/N-ethyl adjacent to an activating group) is 1. The molecule has 0 radical (unpaired) electrons. The van der Waals surface area contributed by atoms with Crippen LogP contribution in [0.25, 0.3) is 11.3 Å². The van der Waals surface area contributed by atoms with Crippen LogP contribution in [0.5, 0.6) is 5.75 Å². The molecule has 1 amide bonds. The monoisotopic (exact) mass is 316 g/mol. The molecule has 0 bridgehead atoms. The van der Waals surface area contributed by atoms with Crippen LogP contribution in [0.15, 0.2) is 34.9 Å². The van der Waals surface area contributed by atoms with Gasteiger partial charge >= 0.3 is 0 Å². The predicted molar refractivity (Wildman–Crippen MR) is 89.5 cm³/mol. The van der Waals surface area contributed by atoms with Crippen molar-refractivity contribution in [2.24, 2.45) is 0 Å². The van der Waals surface area contributed by atoms with Crippen LogP contribution in [-0.2, 0) is 4.79 Å². The third-order valence-electron chi connectivity index (χ3n) is 3.79. The van der Waals surface area contributed by atoms with Gasteiger partial charge in [-0.25, -0.2) is 4.98 Å². The second-order valence-corrected chi connectivity index (χ2v) is 5.73. The minimum absolute atomic E-state index is 0.0292. The van der Waals surface area contributed by atoms with Crippen molar-refractivity contribution in [1.29, 1.82) is 0 Å². The van der Waals surface area contributed by atoms with Crippen molar-refractivity contribution < 1.29 is 13.9 Å². The third kappa shape index (κ3) is 4.12.